The summed E-state index contributed by atoms with van der Waals surface area (Å²) in [6.45, 7) is 4.65. The summed E-state index contributed by atoms with van der Waals surface area (Å²) >= 11 is 1.18. The first-order valence-electron chi connectivity index (χ1n) is 11.2. The maximum atomic E-state index is 12.9. The molecule has 8 nitrogen and oxygen atoms in total. The number of amides is 1. The Morgan fingerprint density at radius 3 is 2.57 bits per heavy atom. The Hall–Kier alpha value is -3.34. The van der Waals surface area contributed by atoms with E-state index in [1.807, 2.05) is 19.1 Å². The minimum atomic E-state index is -3.62. The molecule has 2 heterocycles. The molecule has 0 unspecified atom stereocenters. The third kappa shape index (κ3) is 5.34. The zero-order chi connectivity index (χ0) is 25.0. The van der Waals surface area contributed by atoms with Crippen molar-refractivity contribution in [2.24, 2.45) is 0 Å². The van der Waals surface area contributed by atoms with E-state index in [9.17, 15) is 18.0 Å². The summed E-state index contributed by atoms with van der Waals surface area (Å²) in [5.74, 6) is -0.432. The summed E-state index contributed by atoms with van der Waals surface area (Å²) in [5, 5.41) is 5.45. The Balaban J connectivity index is 1.49. The fourth-order valence-electron chi connectivity index (χ4n) is 3.57. The zero-order valence-corrected chi connectivity index (χ0v) is 21.0. The van der Waals surface area contributed by atoms with Gasteiger partial charge in [-0.1, -0.05) is 38.5 Å². The van der Waals surface area contributed by atoms with Crippen LogP contribution in [0.25, 0.3) is 22.2 Å². The molecule has 4 aromatic rings. The Morgan fingerprint density at radius 2 is 1.86 bits per heavy atom. The van der Waals surface area contributed by atoms with E-state index < -0.39 is 21.6 Å². The molecule has 1 amide bonds. The molecule has 2 aromatic heterocycles. The van der Waals surface area contributed by atoms with E-state index in [2.05, 4.69) is 10.3 Å². The average Bonchev–Trinajstić information content (AvgIpc) is 3.32. The number of rotatable bonds is 9. The molecular formula is C25H25N3O5S2. The first-order valence-corrected chi connectivity index (χ1v) is 13.6. The molecule has 10 heteroatoms. The van der Waals surface area contributed by atoms with E-state index in [1.165, 1.54) is 39.9 Å². The fourth-order valence-corrected chi connectivity index (χ4v) is 5.77. The monoisotopic (exact) mass is 511 g/mol. The smallest absolute Gasteiger partial charge is 0.345 e. The van der Waals surface area contributed by atoms with Crippen LogP contribution >= 0.6 is 11.3 Å². The highest BCUT2D eigenvalue weighted by Gasteiger charge is 2.23. The molecule has 2 aromatic carbocycles. The minimum absolute atomic E-state index is 0.145. The van der Waals surface area contributed by atoms with Crippen LogP contribution in [0.15, 0.2) is 74.1 Å². The Bertz CT molecular complexity index is 1510. The topological polar surface area (TPSA) is 110 Å². The predicted molar refractivity (Wildman–Crippen MR) is 137 cm³/mol. The number of anilines is 1. The van der Waals surface area contributed by atoms with Gasteiger partial charge >= 0.3 is 5.63 Å². The number of aromatic nitrogens is 1. The molecule has 0 spiro atoms. The highest BCUT2D eigenvalue weighted by Crippen LogP contribution is 2.26. The Labute approximate surface area is 207 Å². The van der Waals surface area contributed by atoms with E-state index in [4.69, 9.17) is 4.42 Å². The molecule has 0 fully saturated rings. The number of hydrogen-bond acceptors (Lipinski definition) is 7. The van der Waals surface area contributed by atoms with Gasteiger partial charge in [0.2, 0.25) is 10.0 Å². The second-order valence-corrected chi connectivity index (χ2v) is 10.6. The van der Waals surface area contributed by atoms with Crippen molar-refractivity contribution in [1.29, 1.82) is 0 Å². The van der Waals surface area contributed by atoms with E-state index in [0.29, 0.717) is 40.6 Å². The molecule has 0 radical (unpaired) electrons. The van der Waals surface area contributed by atoms with Crippen molar-refractivity contribution in [3.63, 3.8) is 0 Å². The number of sulfonamides is 1. The summed E-state index contributed by atoms with van der Waals surface area (Å²) < 4.78 is 32.5. The van der Waals surface area contributed by atoms with Crippen LogP contribution in [-0.4, -0.2) is 36.7 Å². The van der Waals surface area contributed by atoms with Crippen LogP contribution in [0, 0.1) is 0 Å². The number of para-hydroxylation sites is 1. The van der Waals surface area contributed by atoms with Crippen molar-refractivity contribution in [2.45, 2.75) is 31.6 Å². The van der Waals surface area contributed by atoms with Gasteiger partial charge in [-0.2, -0.15) is 4.31 Å². The molecule has 0 aliphatic heterocycles. The van der Waals surface area contributed by atoms with Crippen LogP contribution in [0.4, 0.5) is 5.13 Å². The molecule has 0 saturated carbocycles. The number of hydrogen-bond donors (Lipinski definition) is 1. The van der Waals surface area contributed by atoms with Gasteiger partial charge in [0.05, 0.1) is 16.2 Å². The van der Waals surface area contributed by atoms with Gasteiger partial charge in [-0.25, -0.2) is 18.2 Å². The molecule has 0 saturated heterocycles. The number of fused-ring (bicyclic) bond motifs is 1. The van der Waals surface area contributed by atoms with Crippen molar-refractivity contribution in [2.75, 3.05) is 18.4 Å². The van der Waals surface area contributed by atoms with Crippen molar-refractivity contribution in [3.8, 4) is 11.3 Å². The van der Waals surface area contributed by atoms with Crippen molar-refractivity contribution in [3.05, 3.63) is 76.0 Å². The highest BCUT2D eigenvalue weighted by atomic mass is 32.2. The van der Waals surface area contributed by atoms with Crippen LogP contribution in [0.2, 0.25) is 0 Å². The average molecular weight is 512 g/mol. The second kappa shape index (κ2) is 10.5. The predicted octanol–water partition coefficient (Wildman–Crippen LogP) is 4.98. The fraction of sp³-hybridized carbons (Fsp3) is 0.240. The summed E-state index contributed by atoms with van der Waals surface area (Å²) in [6, 6.07) is 14.7. The third-order valence-electron chi connectivity index (χ3n) is 5.51. The summed E-state index contributed by atoms with van der Waals surface area (Å²) in [6.07, 6.45) is 1.68. The Morgan fingerprint density at radius 1 is 1.11 bits per heavy atom. The van der Waals surface area contributed by atoms with Crippen molar-refractivity contribution < 1.29 is 17.6 Å². The number of benzene rings is 2. The molecule has 0 bridgehead atoms. The molecule has 0 aliphatic rings. The summed E-state index contributed by atoms with van der Waals surface area (Å²) in [4.78, 5) is 29.6. The van der Waals surface area contributed by atoms with Gasteiger partial charge in [0.15, 0.2) is 5.13 Å². The molecule has 182 valence electrons. The van der Waals surface area contributed by atoms with Crippen LogP contribution in [0.1, 0.15) is 37.0 Å². The Kier molecular flexibility index (Phi) is 7.44. The van der Waals surface area contributed by atoms with Gasteiger partial charge in [0.1, 0.15) is 5.58 Å². The lowest BCUT2D eigenvalue weighted by molar-refractivity contribution is 0.102. The minimum Gasteiger partial charge on any atom is -0.422 e. The van der Waals surface area contributed by atoms with Crippen LogP contribution in [0.5, 0.6) is 0 Å². The lowest BCUT2D eigenvalue weighted by atomic mass is 10.1. The van der Waals surface area contributed by atoms with Gasteiger partial charge in [-0.15, -0.1) is 11.3 Å². The molecule has 0 atom stereocenters. The van der Waals surface area contributed by atoms with E-state index >= 15 is 0 Å². The first kappa shape index (κ1) is 24.8. The number of carbonyl (C=O) groups excluding carboxylic acids is 1. The van der Waals surface area contributed by atoms with Gasteiger partial charge < -0.3 is 4.42 Å². The summed E-state index contributed by atoms with van der Waals surface area (Å²) in [7, 11) is -3.62. The van der Waals surface area contributed by atoms with Gasteiger partial charge in [-0.05, 0) is 42.8 Å². The van der Waals surface area contributed by atoms with Gasteiger partial charge in [0.25, 0.3) is 5.91 Å². The second-order valence-electron chi connectivity index (χ2n) is 7.85. The lowest BCUT2D eigenvalue weighted by Crippen LogP contribution is -2.31. The number of unbranched alkanes of at least 4 members (excludes halogenated alkanes) is 1. The largest absolute Gasteiger partial charge is 0.422 e. The first-order chi connectivity index (χ1) is 16.8. The maximum Gasteiger partial charge on any atom is 0.345 e. The third-order valence-corrected chi connectivity index (χ3v) is 8.26. The number of carbonyl (C=O) groups is 1. The highest BCUT2D eigenvalue weighted by molar-refractivity contribution is 7.89. The van der Waals surface area contributed by atoms with E-state index in [1.54, 1.807) is 30.5 Å². The van der Waals surface area contributed by atoms with Gasteiger partial charge in [0, 0.05) is 29.4 Å². The van der Waals surface area contributed by atoms with Crippen LogP contribution in [-0.2, 0) is 10.0 Å². The number of thiazole rings is 1. The molecular weight excluding hydrogens is 486 g/mol. The zero-order valence-electron chi connectivity index (χ0n) is 19.4. The SMILES string of the molecule is CCCCN(CC)S(=O)(=O)c1ccc(C(=O)Nc2nc(-c3cc4ccccc4oc3=O)cs2)cc1. The van der Waals surface area contributed by atoms with E-state index in [-0.39, 0.29) is 4.90 Å². The standard InChI is InChI=1S/C25H25N3O5S2/c1-3-5-14-28(4-2)35(31,32)19-12-10-17(11-13-19)23(29)27-25-26-21(16-34-25)20-15-18-8-6-7-9-22(18)33-24(20)30/h6-13,15-16H,3-5,14H2,1-2H3,(H,26,27,29). The van der Waals surface area contributed by atoms with E-state index in [0.717, 1.165) is 18.2 Å². The van der Waals surface area contributed by atoms with Crippen molar-refractivity contribution >= 4 is 43.4 Å². The number of nitrogens with one attached hydrogen (secondary N) is 1. The van der Waals surface area contributed by atoms with Crippen molar-refractivity contribution in [1.82, 2.24) is 9.29 Å². The van der Waals surface area contributed by atoms with Crippen LogP contribution in [0.3, 0.4) is 0 Å². The van der Waals surface area contributed by atoms with Gasteiger partial charge in [-0.3, -0.25) is 10.1 Å². The number of nitrogens with zero attached hydrogens (tertiary/aromatic N) is 2. The maximum absolute atomic E-state index is 12.9. The lowest BCUT2D eigenvalue weighted by Gasteiger charge is -2.20. The molecule has 35 heavy (non-hydrogen) atoms. The molecule has 1 N–H and O–H groups in total. The molecule has 4 rings (SSSR count). The quantitative estimate of drug-likeness (QED) is 0.318. The summed E-state index contributed by atoms with van der Waals surface area (Å²) in [5.41, 5.74) is 0.977. The normalized spacial score (nSPS) is 11.7. The molecule has 0 aliphatic carbocycles. The van der Waals surface area contributed by atoms with Crippen LogP contribution < -0.4 is 10.9 Å².